The molecule has 108 valence electrons. The summed E-state index contributed by atoms with van der Waals surface area (Å²) in [6.45, 7) is -0.0500. The second-order valence-electron chi connectivity index (χ2n) is 4.99. The number of nitrogens with zero attached hydrogens (tertiary/aromatic N) is 5. The van der Waals surface area contributed by atoms with Gasteiger partial charge in [-0.25, -0.2) is 15.0 Å². The first-order valence-electron chi connectivity index (χ1n) is 6.57. The molecule has 0 radical (unpaired) electrons. The van der Waals surface area contributed by atoms with Crippen molar-refractivity contribution in [2.75, 3.05) is 18.7 Å². The van der Waals surface area contributed by atoms with Crippen LogP contribution in [0.15, 0.2) is 29.8 Å². The van der Waals surface area contributed by atoms with E-state index in [9.17, 15) is 0 Å². The number of aromatic nitrogens is 3. The van der Waals surface area contributed by atoms with Gasteiger partial charge >= 0.3 is 0 Å². The molecule has 0 spiro atoms. The summed E-state index contributed by atoms with van der Waals surface area (Å²) >= 11 is 0. The van der Waals surface area contributed by atoms with Crippen LogP contribution in [0.4, 0.5) is 5.82 Å². The minimum absolute atomic E-state index is 0.0500. The van der Waals surface area contributed by atoms with E-state index in [1.54, 1.807) is 12.1 Å². The maximum absolute atomic E-state index is 9.17. The summed E-state index contributed by atoms with van der Waals surface area (Å²) < 4.78 is 7.61. The fourth-order valence-electron chi connectivity index (χ4n) is 2.72. The highest BCUT2D eigenvalue weighted by Gasteiger charge is 2.28. The number of hydrazone groups is 1. The Morgan fingerprint density at radius 3 is 3.00 bits per heavy atom. The Balaban J connectivity index is 1.90. The Kier molecular flexibility index (Phi) is 2.50. The van der Waals surface area contributed by atoms with E-state index in [1.807, 2.05) is 22.9 Å². The van der Waals surface area contributed by atoms with Crippen molar-refractivity contribution < 1.29 is 9.84 Å². The van der Waals surface area contributed by atoms with E-state index in [4.69, 9.17) is 15.6 Å². The molecule has 2 aromatic heterocycles. The van der Waals surface area contributed by atoms with Crippen molar-refractivity contribution in [1.82, 2.24) is 14.5 Å². The first-order chi connectivity index (χ1) is 10.2. The maximum Gasteiger partial charge on any atom is 0.162 e. The molecule has 0 bridgehead atoms. The molecule has 0 amide bonds. The van der Waals surface area contributed by atoms with Crippen LogP contribution in [-0.2, 0) is 4.74 Å². The first-order valence-corrected chi connectivity index (χ1v) is 6.57. The van der Waals surface area contributed by atoms with Gasteiger partial charge in [0.15, 0.2) is 17.9 Å². The van der Waals surface area contributed by atoms with Crippen LogP contribution < -0.4 is 10.7 Å². The minimum atomic E-state index is -0.322. The van der Waals surface area contributed by atoms with Gasteiger partial charge in [-0.3, -0.25) is 0 Å². The second-order valence-corrected chi connectivity index (χ2v) is 4.99. The molecule has 2 atom stereocenters. The van der Waals surface area contributed by atoms with E-state index in [0.717, 1.165) is 16.6 Å². The van der Waals surface area contributed by atoms with Gasteiger partial charge in [0.1, 0.15) is 18.1 Å². The van der Waals surface area contributed by atoms with Crippen molar-refractivity contribution in [3.8, 4) is 0 Å². The predicted octanol–water partition coefficient (Wildman–Crippen LogP) is -0.0527. The van der Waals surface area contributed by atoms with Gasteiger partial charge in [-0.2, -0.15) is 5.10 Å². The van der Waals surface area contributed by atoms with Gasteiger partial charge in [-0.15, -0.1) is 0 Å². The van der Waals surface area contributed by atoms with Gasteiger partial charge in [-0.05, 0) is 6.08 Å². The Bertz CT molecular complexity index is 780. The lowest BCUT2D eigenvalue weighted by atomic mass is 10.2. The lowest BCUT2D eigenvalue weighted by Gasteiger charge is -2.18. The number of aliphatic hydroxyl groups is 1. The highest BCUT2D eigenvalue weighted by molar-refractivity contribution is 6.13. The van der Waals surface area contributed by atoms with Gasteiger partial charge in [0, 0.05) is 18.8 Å². The molecule has 2 unspecified atom stereocenters. The lowest BCUT2D eigenvalue weighted by molar-refractivity contribution is -0.00614. The van der Waals surface area contributed by atoms with Gasteiger partial charge < -0.3 is 20.1 Å². The zero-order chi connectivity index (χ0) is 14.6. The normalized spacial score (nSPS) is 23.9. The lowest BCUT2D eigenvalue weighted by Crippen LogP contribution is -2.25. The number of hydrogen-bond acceptors (Lipinski definition) is 7. The number of aliphatic hydroxyl groups excluding tert-OH is 1. The molecule has 2 aliphatic heterocycles. The molecule has 4 heterocycles. The number of amidine groups is 1. The molecule has 0 saturated heterocycles. The number of ether oxygens (including phenoxy) is 1. The molecular weight excluding hydrogens is 272 g/mol. The summed E-state index contributed by atoms with van der Waals surface area (Å²) in [6, 6.07) is 0. The highest BCUT2D eigenvalue weighted by atomic mass is 16.5. The quantitative estimate of drug-likeness (QED) is 0.750. The summed E-state index contributed by atoms with van der Waals surface area (Å²) in [5.74, 6) is 1.13. The van der Waals surface area contributed by atoms with Gasteiger partial charge in [0.05, 0.1) is 12.0 Å². The van der Waals surface area contributed by atoms with Crippen molar-refractivity contribution in [1.29, 1.82) is 0 Å². The Morgan fingerprint density at radius 1 is 1.38 bits per heavy atom. The van der Waals surface area contributed by atoms with E-state index < -0.39 is 0 Å². The molecule has 21 heavy (non-hydrogen) atoms. The number of anilines is 1. The predicted molar refractivity (Wildman–Crippen MR) is 76.8 cm³/mol. The van der Waals surface area contributed by atoms with E-state index >= 15 is 0 Å². The Morgan fingerprint density at radius 2 is 2.24 bits per heavy atom. The van der Waals surface area contributed by atoms with Crippen LogP contribution in [0.25, 0.3) is 11.0 Å². The fraction of sp³-hybridized carbons (Fsp3) is 0.308. The third-order valence-corrected chi connectivity index (χ3v) is 3.69. The summed E-state index contributed by atoms with van der Waals surface area (Å²) in [4.78, 5) is 8.61. The maximum atomic E-state index is 9.17. The summed E-state index contributed by atoms with van der Waals surface area (Å²) in [7, 11) is 1.79. The molecule has 8 nitrogen and oxygen atoms in total. The molecule has 0 aliphatic carbocycles. The molecular formula is C13H14N6O2. The zero-order valence-electron chi connectivity index (χ0n) is 11.3. The van der Waals surface area contributed by atoms with Crippen molar-refractivity contribution >= 4 is 22.7 Å². The van der Waals surface area contributed by atoms with Crippen molar-refractivity contribution in [3.05, 3.63) is 30.2 Å². The van der Waals surface area contributed by atoms with Crippen LogP contribution in [0.5, 0.6) is 0 Å². The van der Waals surface area contributed by atoms with Gasteiger partial charge in [0.2, 0.25) is 0 Å². The SMILES string of the molecule is CN1N=C(N)c2cn(C3C=CC(CO)O3)c3ncnc1c23. The van der Waals surface area contributed by atoms with Crippen LogP contribution in [-0.4, -0.2) is 45.2 Å². The molecule has 0 aromatic carbocycles. The van der Waals surface area contributed by atoms with Crippen LogP contribution in [0, 0.1) is 0 Å². The third-order valence-electron chi connectivity index (χ3n) is 3.69. The average molecular weight is 286 g/mol. The highest BCUT2D eigenvalue weighted by Crippen LogP contribution is 2.34. The summed E-state index contributed by atoms with van der Waals surface area (Å²) in [5.41, 5.74) is 7.53. The van der Waals surface area contributed by atoms with E-state index in [0.29, 0.717) is 11.7 Å². The van der Waals surface area contributed by atoms with Crippen LogP contribution >= 0.6 is 0 Å². The monoisotopic (exact) mass is 286 g/mol. The number of hydrogen-bond donors (Lipinski definition) is 2. The zero-order valence-corrected chi connectivity index (χ0v) is 11.3. The molecule has 0 saturated carbocycles. The molecule has 8 heteroatoms. The van der Waals surface area contributed by atoms with Crippen molar-refractivity contribution in [3.63, 3.8) is 0 Å². The molecule has 2 aliphatic rings. The van der Waals surface area contributed by atoms with Gasteiger partial charge in [0.25, 0.3) is 0 Å². The van der Waals surface area contributed by atoms with E-state index in [1.165, 1.54) is 6.33 Å². The minimum Gasteiger partial charge on any atom is -0.393 e. The van der Waals surface area contributed by atoms with Crippen LogP contribution in [0.1, 0.15) is 11.8 Å². The topological polar surface area (TPSA) is 102 Å². The third kappa shape index (κ3) is 1.66. The smallest absolute Gasteiger partial charge is 0.162 e. The van der Waals surface area contributed by atoms with Crippen LogP contribution in [0.3, 0.4) is 0 Å². The van der Waals surface area contributed by atoms with E-state index in [2.05, 4.69) is 15.1 Å². The first kappa shape index (κ1) is 12.3. The average Bonchev–Trinajstić information content (AvgIpc) is 3.09. The second kappa shape index (κ2) is 4.27. The summed E-state index contributed by atoms with van der Waals surface area (Å²) in [6.07, 6.45) is 6.47. The Labute approximate surface area is 120 Å². The van der Waals surface area contributed by atoms with Crippen molar-refractivity contribution in [2.45, 2.75) is 12.3 Å². The number of rotatable bonds is 2. The fourth-order valence-corrected chi connectivity index (χ4v) is 2.72. The molecule has 3 N–H and O–H groups in total. The molecule has 4 rings (SSSR count). The van der Waals surface area contributed by atoms with Crippen molar-refractivity contribution in [2.24, 2.45) is 10.8 Å². The number of nitrogens with two attached hydrogens (primary N) is 1. The standard InChI is InChI=1S/C13H14N6O2/c1-18-12-10-8(11(14)17-18)4-19(13(10)16-6-15-12)9-3-2-7(5-20)21-9/h2-4,6-7,9,20H,5H2,1H3,(H2,14,17). The summed E-state index contributed by atoms with van der Waals surface area (Å²) in [5, 5.41) is 15.9. The molecule has 0 fully saturated rings. The van der Waals surface area contributed by atoms with Gasteiger partial charge in [-0.1, -0.05) is 6.08 Å². The molecule has 2 aromatic rings. The van der Waals surface area contributed by atoms with E-state index in [-0.39, 0.29) is 18.9 Å². The largest absolute Gasteiger partial charge is 0.393 e. The van der Waals surface area contributed by atoms with Crippen LogP contribution in [0.2, 0.25) is 0 Å². The Hall–Kier alpha value is -2.45.